The van der Waals surface area contributed by atoms with Crippen LogP contribution in [0.5, 0.6) is 0 Å². The highest BCUT2D eigenvalue weighted by molar-refractivity contribution is 5.81. The Morgan fingerprint density at radius 1 is 1.47 bits per heavy atom. The maximum Gasteiger partial charge on any atom is 0.416 e. The molecule has 0 aliphatic carbocycles. The Kier molecular flexibility index (Phi) is 4.90. The third kappa shape index (κ3) is 4.22. The first-order valence-electron chi connectivity index (χ1n) is 5.59. The lowest BCUT2D eigenvalue weighted by Crippen LogP contribution is -2.43. The first kappa shape index (κ1) is 15.5. The molecule has 2 atom stereocenters. The second kappa shape index (κ2) is 6.03. The van der Waals surface area contributed by atoms with E-state index in [-0.39, 0.29) is 0 Å². The van der Waals surface area contributed by atoms with Crippen molar-refractivity contribution in [3.05, 3.63) is 35.4 Å². The molecule has 0 saturated carbocycles. The van der Waals surface area contributed by atoms with Crippen molar-refractivity contribution < 1.29 is 23.1 Å². The molecule has 0 aliphatic rings. The molecule has 106 valence electrons. The smallest absolute Gasteiger partial charge is 0.394 e. The maximum absolute atomic E-state index is 12.5. The van der Waals surface area contributed by atoms with Crippen molar-refractivity contribution in [1.82, 2.24) is 5.32 Å². The molecule has 0 saturated heterocycles. The van der Waals surface area contributed by atoms with Gasteiger partial charge in [0.05, 0.1) is 18.2 Å². The van der Waals surface area contributed by atoms with E-state index in [4.69, 9.17) is 10.8 Å². The van der Waals surface area contributed by atoms with Crippen molar-refractivity contribution in [2.45, 2.75) is 25.2 Å². The van der Waals surface area contributed by atoms with Crippen LogP contribution >= 0.6 is 0 Å². The minimum atomic E-state index is -4.43. The summed E-state index contributed by atoms with van der Waals surface area (Å²) in [7, 11) is 0. The van der Waals surface area contributed by atoms with Crippen LogP contribution in [0.25, 0.3) is 0 Å². The van der Waals surface area contributed by atoms with E-state index in [9.17, 15) is 18.0 Å². The zero-order chi connectivity index (χ0) is 14.6. The van der Waals surface area contributed by atoms with E-state index in [0.717, 1.165) is 12.1 Å². The van der Waals surface area contributed by atoms with Gasteiger partial charge in [-0.3, -0.25) is 4.79 Å². The predicted octanol–water partition coefficient (Wildman–Crippen LogP) is 1.20. The highest BCUT2D eigenvalue weighted by Crippen LogP contribution is 2.30. The molecule has 4 N–H and O–H groups in total. The van der Waals surface area contributed by atoms with Gasteiger partial charge < -0.3 is 16.2 Å². The lowest BCUT2D eigenvalue weighted by atomic mass is 10.0. The van der Waals surface area contributed by atoms with Crippen LogP contribution in [-0.2, 0) is 11.0 Å². The Morgan fingerprint density at radius 3 is 2.63 bits per heavy atom. The van der Waals surface area contributed by atoms with Crippen LogP contribution in [0.3, 0.4) is 0 Å². The van der Waals surface area contributed by atoms with Crippen LogP contribution in [0.4, 0.5) is 13.2 Å². The van der Waals surface area contributed by atoms with Crippen LogP contribution in [0.2, 0.25) is 0 Å². The molecule has 1 amide bonds. The maximum atomic E-state index is 12.5. The lowest BCUT2D eigenvalue weighted by molar-refractivity contribution is -0.137. The Balaban J connectivity index is 2.83. The van der Waals surface area contributed by atoms with Gasteiger partial charge in [0.1, 0.15) is 6.04 Å². The Bertz CT molecular complexity index is 449. The normalized spacial score (nSPS) is 14.8. The van der Waals surface area contributed by atoms with Gasteiger partial charge in [0, 0.05) is 0 Å². The number of aliphatic hydroxyl groups excluding tert-OH is 1. The fourth-order valence-corrected chi connectivity index (χ4v) is 1.47. The molecule has 1 rings (SSSR count). The second-order valence-corrected chi connectivity index (χ2v) is 4.14. The fourth-order valence-electron chi connectivity index (χ4n) is 1.47. The first-order chi connectivity index (χ1) is 8.75. The monoisotopic (exact) mass is 276 g/mol. The number of nitrogens with two attached hydrogens (primary N) is 1. The third-order valence-corrected chi connectivity index (χ3v) is 2.61. The van der Waals surface area contributed by atoms with Crippen molar-refractivity contribution in [3.8, 4) is 0 Å². The largest absolute Gasteiger partial charge is 0.416 e. The summed E-state index contributed by atoms with van der Waals surface area (Å²) in [5.41, 5.74) is 4.83. The lowest BCUT2D eigenvalue weighted by Gasteiger charge is -2.18. The minimum absolute atomic E-state index is 0.313. The van der Waals surface area contributed by atoms with Crippen LogP contribution < -0.4 is 11.1 Å². The Morgan fingerprint density at radius 2 is 2.11 bits per heavy atom. The van der Waals surface area contributed by atoms with E-state index < -0.39 is 36.3 Å². The predicted molar refractivity (Wildman–Crippen MR) is 63.1 cm³/mol. The summed E-state index contributed by atoms with van der Waals surface area (Å²) < 4.78 is 37.6. The number of hydrogen-bond acceptors (Lipinski definition) is 3. The van der Waals surface area contributed by atoms with Gasteiger partial charge in [-0.05, 0) is 24.6 Å². The van der Waals surface area contributed by atoms with Crippen LogP contribution in [0.15, 0.2) is 24.3 Å². The highest BCUT2D eigenvalue weighted by Gasteiger charge is 2.30. The average Bonchev–Trinajstić information content (AvgIpc) is 2.36. The summed E-state index contributed by atoms with van der Waals surface area (Å²) in [6, 6.07) is 2.95. The van der Waals surface area contributed by atoms with Crippen molar-refractivity contribution >= 4 is 5.91 Å². The Hall–Kier alpha value is -1.60. The number of rotatable bonds is 4. The van der Waals surface area contributed by atoms with Gasteiger partial charge in [-0.15, -0.1) is 0 Å². The molecule has 0 spiro atoms. The molecule has 0 unspecified atom stereocenters. The van der Waals surface area contributed by atoms with Gasteiger partial charge in [0.15, 0.2) is 0 Å². The van der Waals surface area contributed by atoms with Gasteiger partial charge in [0.25, 0.3) is 0 Å². The molecule has 0 fully saturated rings. The number of halogens is 3. The molecule has 0 aromatic heterocycles. The number of carbonyl (C=O) groups excluding carboxylic acids is 1. The van der Waals surface area contributed by atoms with Gasteiger partial charge in [-0.2, -0.15) is 13.2 Å². The van der Waals surface area contributed by atoms with E-state index in [1.807, 2.05) is 0 Å². The summed E-state index contributed by atoms with van der Waals surface area (Å²) in [6.07, 6.45) is -4.43. The topological polar surface area (TPSA) is 75.4 Å². The van der Waals surface area contributed by atoms with E-state index in [1.165, 1.54) is 19.1 Å². The summed E-state index contributed by atoms with van der Waals surface area (Å²) in [4.78, 5) is 11.4. The number of benzene rings is 1. The van der Waals surface area contributed by atoms with Crippen molar-refractivity contribution in [3.63, 3.8) is 0 Å². The first-order valence-corrected chi connectivity index (χ1v) is 5.59. The highest BCUT2D eigenvalue weighted by atomic mass is 19.4. The van der Waals surface area contributed by atoms with Gasteiger partial charge in [-0.25, -0.2) is 0 Å². The molecule has 1 aromatic carbocycles. The Labute approximate surface area is 108 Å². The molecule has 0 bridgehead atoms. The van der Waals surface area contributed by atoms with E-state index >= 15 is 0 Å². The molecular formula is C12H15F3N2O2. The number of carbonyl (C=O) groups is 1. The van der Waals surface area contributed by atoms with Crippen molar-refractivity contribution in [1.29, 1.82) is 0 Å². The zero-order valence-corrected chi connectivity index (χ0v) is 10.2. The molecule has 0 heterocycles. The molecule has 0 aliphatic heterocycles. The molecular weight excluding hydrogens is 261 g/mol. The molecule has 4 nitrogen and oxygen atoms in total. The van der Waals surface area contributed by atoms with Crippen molar-refractivity contribution in [2.24, 2.45) is 5.73 Å². The number of aliphatic hydroxyl groups is 1. The number of hydrogen-bond donors (Lipinski definition) is 3. The van der Waals surface area contributed by atoms with E-state index in [2.05, 4.69) is 5.32 Å². The van der Waals surface area contributed by atoms with Crippen LogP contribution in [-0.4, -0.2) is 23.7 Å². The van der Waals surface area contributed by atoms with Gasteiger partial charge in [-0.1, -0.05) is 12.1 Å². The summed E-state index contributed by atoms with van der Waals surface area (Å²) in [6.45, 7) is 1.01. The zero-order valence-electron chi connectivity index (χ0n) is 10.2. The summed E-state index contributed by atoms with van der Waals surface area (Å²) >= 11 is 0. The average molecular weight is 276 g/mol. The number of alkyl halides is 3. The van der Waals surface area contributed by atoms with Gasteiger partial charge >= 0.3 is 6.18 Å². The van der Waals surface area contributed by atoms with E-state index in [1.54, 1.807) is 0 Å². The quantitative estimate of drug-likeness (QED) is 0.773. The van der Waals surface area contributed by atoms with Gasteiger partial charge in [0.2, 0.25) is 5.91 Å². The standard InChI is InChI=1S/C12H15F3N2O2/c1-7(17-11(19)10(16)6-18)8-3-2-4-9(5-8)12(13,14)15/h2-5,7,10,18H,6,16H2,1H3,(H,17,19)/t7-,10-/m1/s1. The SMILES string of the molecule is C[C@@H](NC(=O)[C@H](N)CO)c1cccc(C(F)(F)F)c1. The van der Waals surface area contributed by atoms with Crippen LogP contribution in [0.1, 0.15) is 24.1 Å². The third-order valence-electron chi connectivity index (χ3n) is 2.61. The summed E-state index contributed by atoms with van der Waals surface area (Å²) in [5.74, 6) is -0.618. The molecule has 1 aromatic rings. The number of amides is 1. The number of nitrogens with one attached hydrogen (secondary N) is 1. The van der Waals surface area contributed by atoms with Crippen LogP contribution in [0, 0.1) is 0 Å². The molecule has 7 heteroatoms. The fraction of sp³-hybridized carbons (Fsp3) is 0.417. The minimum Gasteiger partial charge on any atom is -0.394 e. The molecule has 0 radical (unpaired) electrons. The summed E-state index contributed by atoms with van der Waals surface area (Å²) in [5, 5.41) is 11.1. The van der Waals surface area contributed by atoms with Crippen molar-refractivity contribution in [2.75, 3.05) is 6.61 Å². The second-order valence-electron chi connectivity index (χ2n) is 4.14. The van der Waals surface area contributed by atoms with E-state index in [0.29, 0.717) is 5.56 Å². The molecule has 19 heavy (non-hydrogen) atoms.